The van der Waals surface area contributed by atoms with E-state index in [9.17, 15) is 0 Å². The summed E-state index contributed by atoms with van der Waals surface area (Å²) < 4.78 is 0. The largest absolute Gasteiger partial charge is 0.252 e. The average molecular weight is 567 g/mol. The normalized spacial score (nSPS) is 12.1. The van der Waals surface area contributed by atoms with Gasteiger partial charge in [-0.1, -0.05) is 85.8 Å². The molecule has 0 aliphatic carbocycles. The molecule has 2 aromatic carbocycles. The number of hydrogen-bond acceptors (Lipinski definition) is 2. The van der Waals surface area contributed by atoms with Gasteiger partial charge in [0.05, 0.1) is 22.8 Å². The van der Waals surface area contributed by atoms with Crippen LogP contribution in [-0.4, -0.2) is 11.4 Å². The standard InChI is InChI=1S/C32H48N2.Pd/c1-7-13-14-15-16-17-18-32(34-30-22-20-26(9-3)28(11-5)24-30)31(12-6)33-29-21-19-25(8-2)27(10-4)23-29;/h19-24H,7-18H2,1-6H3;/b33-31+,34-32+;. The molecule has 2 nitrogen and oxygen atoms in total. The molecule has 0 N–H and O–H groups in total. The second-order valence-electron chi connectivity index (χ2n) is 9.31. The summed E-state index contributed by atoms with van der Waals surface area (Å²) >= 11 is 0. The quantitative estimate of drug-likeness (QED) is 0.116. The fourth-order valence-electron chi connectivity index (χ4n) is 4.71. The maximum Gasteiger partial charge on any atom is 0.0636 e. The molecule has 0 amide bonds. The van der Waals surface area contributed by atoms with Gasteiger partial charge < -0.3 is 0 Å². The molecule has 0 unspecified atom stereocenters. The van der Waals surface area contributed by atoms with Gasteiger partial charge in [-0.2, -0.15) is 0 Å². The van der Waals surface area contributed by atoms with Crippen molar-refractivity contribution >= 4 is 22.8 Å². The van der Waals surface area contributed by atoms with E-state index < -0.39 is 0 Å². The van der Waals surface area contributed by atoms with Gasteiger partial charge in [0, 0.05) is 20.4 Å². The van der Waals surface area contributed by atoms with Crippen molar-refractivity contribution in [3.63, 3.8) is 0 Å². The minimum atomic E-state index is 0. The van der Waals surface area contributed by atoms with Gasteiger partial charge in [-0.25, -0.2) is 0 Å². The molecule has 3 heteroatoms. The maximum atomic E-state index is 5.21. The first kappa shape index (κ1) is 31.5. The number of nitrogens with zero attached hydrogens (tertiary/aromatic N) is 2. The van der Waals surface area contributed by atoms with Gasteiger partial charge in [0.1, 0.15) is 0 Å². The van der Waals surface area contributed by atoms with Crippen LogP contribution in [0.5, 0.6) is 0 Å². The van der Waals surface area contributed by atoms with Gasteiger partial charge in [-0.05, 0) is 91.5 Å². The van der Waals surface area contributed by atoms with Gasteiger partial charge >= 0.3 is 0 Å². The number of rotatable bonds is 15. The monoisotopic (exact) mass is 566 g/mol. The summed E-state index contributed by atoms with van der Waals surface area (Å²) in [5.74, 6) is 0. The first-order valence-electron chi connectivity index (χ1n) is 14.0. The van der Waals surface area contributed by atoms with Gasteiger partial charge in [-0.15, -0.1) is 0 Å². The Morgan fingerprint density at radius 2 is 1.00 bits per heavy atom. The van der Waals surface area contributed by atoms with Gasteiger partial charge in [-0.3, -0.25) is 9.98 Å². The van der Waals surface area contributed by atoms with Gasteiger partial charge in [0.25, 0.3) is 0 Å². The van der Waals surface area contributed by atoms with E-state index in [1.54, 1.807) is 0 Å². The predicted octanol–water partition coefficient (Wildman–Crippen LogP) is 9.94. The minimum Gasteiger partial charge on any atom is -0.252 e. The Bertz CT molecular complexity index is 943. The zero-order chi connectivity index (χ0) is 24.8. The fourth-order valence-corrected chi connectivity index (χ4v) is 4.71. The molecule has 0 bridgehead atoms. The van der Waals surface area contributed by atoms with Crippen molar-refractivity contribution in [1.29, 1.82) is 0 Å². The van der Waals surface area contributed by atoms with Crippen molar-refractivity contribution in [3.8, 4) is 0 Å². The summed E-state index contributed by atoms with van der Waals surface area (Å²) in [5, 5.41) is 0. The van der Waals surface area contributed by atoms with Crippen molar-refractivity contribution < 1.29 is 20.4 Å². The molecule has 0 heterocycles. The summed E-state index contributed by atoms with van der Waals surface area (Å²) in [5.41, 5.74) is 10.1. The Kier molecular flexibility index (Phi) is 16.0. The predicted molar refractivity (Wildman–Crippen MR) is 153 cm³/mol. The zero-order valence-electron chi connectivity index (χ0n) is 23.2. The van der Waals surface area contributed by atoms with Crippen LogP contribution in [0.4, 0.5) is 11.4 Å². The second-order valence-corrected chi connectivity index (χ2v) is 9.31. The average Bonchev–Trinajstić information content (AvgIpc) is 2.88. The van der Waals surface area contributed by atoms with Gasteiger partial charge in [0.15, 0.2) is 0 Å². The maximum absolute atomic E-state index is 5.21. The topological polar surface area (TPSA) is 24.7 Å². The molecule has 0 radical (unpaired) electrons. The molecule has 35 heavy (non-hydrogen) atoms. The molecule has 0 saturated carbocycles. The van der Waals surface area contributed by atoms with Crippen LogP contribution in [0, 0.1) is 0 Å². The van der Waals surface area contributed by atoms with Crippen LogP contribution in [0.25, 0.3) is 0 Å². The smallest absolute Gasteiger partial charge is 0.0636 e. The van der Waals surface area contributed by atoms with Crippen molar-refractivity contribution in [1.82, 2.24) is 0 Å². The van der Waals surface area contributed by atoms with E-state index in [2.05, 4.69) is 77.9 Å². The Balaban J connectivity index is 0.00000612. The number of hydrogen-bond donors (Lipinski definition) is 0. The fraction of sp³-hybridized carbons (Fsp3) is 0.562. The first-order valence-corrected chi connectivity index (χ1v) is 14.0. The Hall–Kier alpha value is -1.56. The number of unbranched alkanes of at least 4 members (excludes halogenated alkanes) is 5. The van der Waals surface area contributed by atoms with E-state index in [4.69, 9.17) is 9.98 Å². The molecule has 0 saturated heterocycles. The molecular weight excluding hydrogens is 519 g/mol. The third-order valence-electron chi connectivity index (χ3n) is 6.87. The Labute approximate surface area is 229 Å². The molecular formula is C32H48N2Pd. The molecule has 2 rings (SSSR count). The van der Waals surface area contributed by atoms with E-state index in [0.29, 0.717) is 0 Å². The molecule has 0 fully saturated rings. The molecule has 0 aliphatic heterocycles. The van der Waals surface area contributed by atoms with Crippen molar-refractivity contribution in [2.24, 2.45) is 9.98 Å². The molecule has 2 aromatic rings. The third kappa shape index (κ3) is 10.1. The van der Waals surface area contributed by atoms with Crippen LogP contribution in [-0.2, 0) is 46.1 Å². The second kappa shape index (κ2) is 17.8. The van der Waals surface area contributed by atoms with Crippen LogP contribution in [0.3, 0.4) is 0 Å². The molecule has 0 spiro atoms. The number of aryl methyl sites for hydroxylation is 4. The SMILES string of the molecule is CCCCCCCCC(=N\c1ccc(CC)c(CC)c1)/C(CC)=N/c1ccc(CC)c(CC)c1.[Pd]. The molecule has 0 aromatic heterocycles. The van der Waals surface area contributed by atoms with Crippen LogP contribution in [0.1, 0.15) is 115 Å². The Morgan fingerprint density at radius 1 is 0.543 bits per heavy atom. The minimum absolute atomic E-state index is 0. The summed E-state index contributed by atoms with van der Waals surface area (Å²) in [6, 6.07) is 13.5. The molecule has 196 valence electrons. The summed E-state index contributed by atoms with van der Waals surface area (Å²) in [4.78, 5) is 10.4. The van der Waals surface area contributed by atoms with E-state index in [-0.39, 0.29) is 20.4 Å². The summed E-state index contributed by atoms with van der Waals surface area (Å²) in [6.07, 6.45) is 13.9. The van der Waals surface area contributed by atoms with Gasteiger partial charge in [0.2, 0.25) is 0 Å². The van der Waals surface area contributed by atoms with Crippen LogP contribution in [0.2, 0.25) is 0 Å². The summed E-state index contributed by atoms with van der Waals surface area (Å²) in [6.45, 7) is 13.4. The molecule has 0 aliphatic rings. The van der Waals surface area contributed by atoms with Crippen LogP contribution < -0.4 is 0 Å². The van der Waals surface area contributed by atoms with E-state index >= 15 is 0 Å². The Morgan fingerprint density at radius 3 is 1.46 bits per heavy atom. The van der Waals surface area contributed by atoms with E-state index in [1.165, 1.54) is 66.5 Å². The molecule has 0 atom stereocenters. The van der Waals surface area contributed by atoms with E-state index in [1.807, 2.05) is 0 Å². The van der Waals surface area contributed by atoms with Crippen LogP contribution >= 0.6 is 0 Å². The van der Waals surface area contributed by atoms with Crippen molar-refractivity contribution in [3.05, 3.63) is 58.7 Å². The van der Waals surface area contributed by atoms with Crippen molar-refractivity contribution in [2.75, 3.05) is 0 Å². The van der Waals surface area contributed by atoms with E-state index in [0.717, 1.165) is 55.6 Å². The summed E-state index contributed by atoms with van der Waals surface area (Å²) in [7, 11) is 0. The third-order valence-corrected chi connectivity index (χ3v) is 6.87. The number of benzene rings is 2. The zero-order valence-corrected chi connectivity index (χ0v) is 24.7. The van der Waals surface area contributed by atoms with Crippen molar-refractivity contribution in [2.45, 2.75) is 119 Å². The first-order chi connectivity index (χ1) is 16.6. The van der Waals surface area contributed by atoms with Crippen LogP contribution in [0.15, 0.2) is 46.4 Å². The number of aliphatic imine (C=N–C) groups is 2.